The van der Waals surface area contributed by atoms with Crippen LogP contribution in [0.2, 0.25) is 0 Å². The summed E-state index contributed by atoms with van der Waals surface area (Å²) in [5.74, 6) is 0.297. The van der Waals surface area contributed by atoms with Gasteiger partial charge in [-0.05, 0) is 42.0 Å². The zero-order valence-electron chi connectivity index (χ0n) is 18.4. The number of amides is 1. The second kappa shape index (κ2) is 10.2. The van der Waals surface area contributed by atoms with Crippen LogP contribution >= 0.6 is 0 Å². The summed E-state index contributed by atoms with van der Waals surface area (Å²) in [5.41, 5.74) is 4.53. The molecule has 0 saturated heterocycles. The van der Waals surface area contributed by atoms with Gasteiger partial charge in [0, 0.05) is 23.1 Å². The van der Waals surface area contributed by atoms with Crippen LogP contribution < -0.4 is 14.9 Å². The first-order valence-corrected chi connectivity index (χ1v) is 10.3. The molecule has 1 amide bonds. The number of carbonyl (C=O) groups excluding carboxylic acids is 1. The second-order valence-corrected chi connectivity index (χ2v) is 7.26. The Kier molecular flexibility index (Phi) is 6.69. The van der Waals surface area contributed by atoms with Gasteiger partial charge < -0.3 is 13.9 Å². The molecule has 0 unspecified atom stereocenters. The van der Waals surface area contributed by atoms with Gasteiger partial charge in [-0.1, -0.05) is 18.2 Å². The van der Waals surface area contributed by atoms with Crippen molar-refractivity contribution < 1.29 is 23.6 Å². The monoisotopic (exact) mass is 470 g/mol. The summed E-state index contributed by atoms with van der Waals surface area (Å²) >= 11 is 0. The van der Waals surface area contributed by atoms with Crippen LogP contribution in [0.3, 0.4) is 0 Å². The van der Waals surface area contributed by atoms with Crippen LogP contribution in [-0.4, -0.2) is 24.2 Å². The molecule has 0 bridgehead atoms. The van der Waals surface area contributed by atoms with Gasteiger partial charge in [-0.2, -0.15) is 10.4 Å². The highest BCUT2D eigenvalue weighted by molar-refractivity contribution is 5.97. The van der Waals surface area contributed by atoms with Crippen LogP contribution in [-0.2, 0) is 6.61 Å². The smallest absolute Gasteiger partial charge is 0.307 e. The lowest BCUT2D eigenvalue weighted by atomic mass is 10.1. The summed E-state index contributed by atoms with van der Waals surface area (Å²) < 4.78 is 16.6. The van der Waals surface area contributed by atoms with Gasteiger partial charge >= 0.3 is 5.91 Å². The van der Waals surface area contributed by atoms with Gasteiger partial charge in [-0.15, -0.1) is 0 Å². The molecule has 10 nitrogen and oxygen atoms in total. The van der Waals surface area contributed by atoms with Gasteiger partial charge in [0.2, 0.25) is 0 Å². The maximum Gasteiger partial charge on any atom is 0.307 e. The van der Waals surface area contributed by atoms with Crippen molar-refractivity contribution in [2.75, 3.05) is 7.11 Å². The fourth-order valence-electron chi connectivity index (χ4n) is 3.27. The van der Waals surface area contributed by atoms with E-state index in [2.05, 4.69) is 16.6 Å². The number of fused-ring (bicyclic) bond motifs is 1. The van der Waals surface area contributed by atoms with Crippen LogP contribution in [0.25, 0.3) is 11.0 Å². The van der Waals surface area contributed by atoms with E-state index in [1.54, 1.807) is 30.3 Å². The summed E-state index contributed by atoms with van der Waals surface area (Å²) in [6, 6.07) is 19.9. The molecule has 0 atom stereocenters. The summed E-state index contributed by atoms with van der Waals surface area (Å²) in [7, 11) is 1.50. The number of ether oxygens (including phenoxy) is 2. The van der Waals surface area contributed by atoms with E-state index in [4.69, 9.17) is 13.9 Å². The molecule has 1 aromatic heterocycles. The lowest BCUT2D eigenvalue weighted by Gasteiger charge is -2.12. The van der Waals surface area contributed by atoms with Gasteiger partial charge in [0.15, 0.2) is 17.3 Å². The third kappa shape index (κ3) is 5.26. The van der Waals surface area contributed by atoms with Crippen molar-refractivity contribution in [3.05, 3.63) is 99.3 Å². The van der Waals surface area contributed by atoms with Crippen molar-refractivity contribution in [2.45, 2.75) is 6.61 Å². The molecule has 0 fully saturated rings. The Morgan fingerprint density at radius 1 is 1.17 bits per heavy atom. The summed E-state index contributed by atoms with van der Waals surface area (Å²) in [6.45, 7) is 0.199. The van der Waals surface area contributed by atoms with Gasteiger partial charge in [0.25, 0.3) is 5.69 Å². The number of non-ortho nitro benzene ring substituents is 1. The first-order chi connectivity index (χ1) is 17.0. The summed E-state index contributed by atoms with van der Waals surface area (Å²) in [4.78, 5) is 22.7. The molecule has 0 aliphatic rings. The minimum absolute atomic E-state index is 0.0309. The Morgan fingerprint density at radius 2 is 2.00 bits per heavy atom. The predicted octanol–water partition coefficient (Wildman–Crippen LogP) is 4.56. The maximum atomic E-state index is 12.4. The molecule has 0 radical (unpaired) electrons. The van der Waals surface area contributed by atoms with Crippen LogP contribution in [0.4, 0.5) is 5.69 Å². The van der Waals surface area contributed by atoms with Crippen LogP contribution in [0.1, 0.15) is 27.2 Å². The Bertz CT molecular complexity index is 1490. The molecule has 4 rings (SSSR count). The quantitative estimate of drug-likeness (QED) is 0.226. The molecule has 35 heavy (non-hydrogen) atoms. The molecule has 0 spiro atoms. The molecule has 1 N–H and O–H groups in total. The Hall–Kier alpha value is -5.17. The van der Waals surface area contributed by atoms with Crippen molar-refractivity contribution >= 4 is 28.8 Å². The molecular formula is C25H18N4O6. The molecule has 0 aliphatic carbocycles. The molecular weight excluding hydrogens is 452 g/mol. The van der Waals surface area contributed by atoms with E-state index in [1.807, 2.05) is 12.1 Å². The van der Waals surface area contributed by atoms with E-state index in [-0.39, 0.29) is 18.1 Å². The first kappa shape index (κ1) is 23.0. The number of nitrogens with one attached hydrogen (secondary N) is 1. The standard InChI is InChI=1S/C25H18N4O6/c1-33-23-10-16(6-8-22(23)34-15-18-5-3-2-4-17(18)13-26)14-27-28-25(30)24-12-19-11-20(29(31)32)7-9-21(19)35-24/h2-12,14H,15H2,1H3,(H,28,30)/b27-14+. The van der Waals surface area contributed by atoms with Gasteiger partial charge in [0.05, 0.1) is 29.9 Å². The Labute approximate surface area is 199 Å². The van der Waals surface area contributed by atoms with Crippen molar-refractivity contribution in [3.63, 3.8) is 0 Å². The average Bonchev–Trinajstić information content (AvgIpc) is 3.31. The van der Waals surface area contributed by atoms with E-state index in [0.29, 0.717) is 33.6 Å². The number of nitrogens with zero attached hydrogens (tertiary/aromatic N) is 3. The molecule has 1 heterocycles. The maximum absolute atomic E-state index is 12.4. The predicted molar refractivity (Wildman–Crippen MR) is 126 cm³/mol. The number of carbonyl (C=O) groups is 1. The number of furan rings is 1. The van der Waals surface area contributed by atoms with E-state index in [9.17, 15) is 20.2 Å². The summed E-state index contributed by atoms with van der Waals surface area (Å²) in [6.07, 6.45) is 1.42. The third-order valence-electron chi connectivity index (χ3n) is 5.02. The molecule has 0 saturated carbocycles. The highest BCUT2D eigenvalue weighted by atomic mass is 16.6. The zero-order valence-corrected chi connectivity index (χ0v) is 18.4. The van der Waals surface area contributed by atoms with Gasteiger partial charge in [-0.25, -0.2) is 5.43 Å². The number of nitro groups is 1. The lowest BCUT2D eigenvalue weighted by molar-refractivity contribution is -0.384. The molecule has 3 aromatic carbocycles. The number of methoxy groups -OCH3 is 1. The highest BCUT2D eigenvalue weighted by Gasteiger charge is 2.15. The van der Waals surface area contributed by atoms with Gasteiger partial charge in [0.1, 0.15) is 12.2 Å². The molecule has 174 valence electrons. The average molecular weight is 470 g/mol. The normalized spacial score (nSPS) is 10.7. The largest absolute Gasteiger partial charge is 0.493 e. The van der Waals surface area contributed by atoms with Crippen molar-refractivity contribution in [2.24, 2.45) is 5.10 Å². The highest BCUT2D eigenvalue weighted by Crippen LogP contribution is 2.29. The van der Waals surface area contributed by atoms with E-state index in [1.165, 1.54) is 37.6 Å². The molecule has 4 aromatic rings. The molecule has 0 aliphatic heterocycles. The minimum atomic E-state index is -0.608. The number of hydrogen-bond acceptors (Lipinski definition) is 8. The number of nitriles is 1. The zero-order chi connectivity index (χ0) is 24.8. The van der Waals surface area contributed by atoms with Crippen molar-refractivity contribution in [3.8, 4) is 17.6 Å². The fourth-order valence-corrected chi connectivity index (χ4v) is 3.27. The van der Waals surface area contributed by atoms with Crippen LogP contribution in [0.15, 0.2) is 76.2 Å². The number of hydrazone groups is 1. The number of rotatable bonds is 8. The van der Waals surface area contributed by atoms with Gasteiger partial charge in [-0.3, -0.25) is 14.9 Å². The van der Waals surface area contributed by atoms with E-state index >= 15 is 0 Å². The number of hydrogen-bond donors (Lipinski definition) is 1. The van der Waals surface area contributed by atoms with Crippen molar-refractivity contribution in [1.82, 2.24) is 5.43 Å². The summed E-state index contributed by atoms with van der Waals surface area (Å²) in [5, 5.41) is 24.5. The number of nitro benzene ring substituents is 1. The van der Waals surface area contributed by atoms with E-state index < -0.39 is 10.8 Å². The lowest BCUT2D eigenvalue weighted by Crippen LogP contribution is -2.16. The van der Waals surface area contributed by atoms with Crippen molar-refractivity contribution in [1.29, 1.82) is 5.26 Å². The second-order valence-electron chi connectivity index (χ2n) is 7.26. The number of benzene rings is 3. The first-order valence-electron chi connectivity index (χ1n) is 10.3. The van der Waals surface area contributed by atoms with Crippen LogP contribution in [0, 0.1) is 21.4 Å². The van der Waals surface area contributed by atoms with E-state index in [0.717, 1.165) is 5.56 Å². The topological polar surface area (TPSA) is 140 Å². The fraction of sp³-hybridized carbons (Fsp3) is 0.0800. The Morgan fingerprint density at radius 3 is 2.77 bits per heavy atom. The minimum Gasteiger partial charge on any atom is -0.493 e. The SMILES string of the molecule is COc1cc(/C=N/NC(=O)c2cc3cc([N+](=O)[O-])ccc3o2)ccc1OCc1ccccc1C#N. The Balaban J connectivity index is 1.41. The van der Waals surface area contributed by atoms with Crippen LogP contribution in [0.5, 0.6) is 11.5 Å². The molecule has 10 heteroatoms. The third-order valence-corrected chi connectivity index (χ3v) is 5.02.